The van der Waals surface area contributed by atoms with Crippen LogP contribution in [0.1, 0.15) is 21.9 Å². The number of benzene rings is 1. The Labute approximate surface area is 140 Å². The van der Waals surface area contributed by atoms with Crippen LogP contribution in [0.3, 0.4) is 0 Å². The number of carbonyl (C=O) groups is 2. The Bertz CT molecular complexity index is 932. The van der Waals surface area contributed by atoms with Crippen molar-refractivity contribution in [1.82, 2.24) is 20.2 Å². The maximum atomic E-state index is 13.1. The molecule has 3 aromatic rings. The Kier molecular flexibility index (Phi) is 4.25. The van der Waals surface area contributed by atoms with Crippen molar-refractivity contribution in [3.05, 3.63) is 53.3 Å². The summed E-state index contributed by atoms with van der Waals surface area (Å²) in [5.74, 6) is -1.90. The van der Waals surface area contributed by atoms with Crippen molar-refractivity contribution in [2.45, 2.75) is 13.3 Å². The summed E-state index contributed by atoms with van der Waals surface area (Å²) in [6.07, 6.45) is -0.362. The van der Waals surface area contributed by atoms with Crippen LogP contribution >= 0.6 is 0 Å². The molecule has 0 aliphatic carbocycles. The molecule has 10 heteroatoms. The summed E-state index contributed by atoms with van der Waals surface area (Å²) in [4.78, 5) is 23.4. The van der Waals surface area contributed by atoms with Crippen LogP contribution in [-0.4, -0.2) is 32.0 Å². The first-order chi connectivity index (χ1) is 11.9. The summed E-state index contributed by atoms with van der Waals surface area (Å²) < 4.78 is 19.0. The molecule has 1 amide bonds. The lowest BCUT2D eigenvalue weighted by Gasteiger charge is -2.08. The fourth-order valence-corrected chi connectivity index (χ4v) is 2.17. The zero-order chi connectivity index (χ0) is 18.0. The number of anilines is 1. The lowest BCUT2D eigenvalue weighted by molar-refractivity contribution is -0.255. The van der Waals surface area contributed by atoms with E-state index in [-0.39, 0.29) is 17.9 Å². The van der Waals surface area contributed by atoms with Crippen LogP contribution in [0.25, 0.3) is 5.69 Å². The minimum Gasteiger partial charge on any atom is -0.543 e. The van der Waals surface area contributed by atoms with Gasteiger partial charge < -0.3 is 19.7 Å². The highest BCUT2D eigenvalue weighted by Gasteiger charge is 2.19. The van der Waals surface area contributed by atoms with Crippen molar-refractivity contribution in [1.29, 1.82) is 0 Å². The second-order valence-corrected chi connectivity index (χ2v) is 5.11. The van der Waals surface area contributed by atoms with Gasteiger partial charge in [-0.25, -0.2) is 9.07 Å². The summed E-state index contributed by atoms with van der Waals surface area (Å²) >= 11 is 0. The molecule has 0 aliphatic rings. The van der Waals surface area contributed by atoms with Crippen molar-refractivity contribution >= 4 is 17.7 Å². The average Bonchev–Trinajstić information content (AvgIpc) is 3.14. The topological polar surface area (TPSA) is 126 Å². The first-order valence-corrected chi connectivity index (χ1v) is 7.09. The third-order valence-corrected chi connectivity index (χ3v) is 3.25. The van der Waals surface area contributed by atoms with Gasteiger partial charge in [0.25, 0.3) is 0 Å². The fraction of sp³-hybridized carbons (Fsp3) is 0.133. The Morgan fingerprint density at radius 1 is 1.32 bits per heavy atom. The fourth-order valence-electron chi connectivity index (χ4n) is 2.17. The number of aryl methyl sites for hydroxylation is 1. The molecule has 2 heterocycles. The summed E-state index contributed by atoms with van der Waals surface area (Å²) in [5, 5.41) is 24.5. The first kappa shape index (κ1) is 16.3. The van der Waals surface area contributed by atoms with E-state index in [1.165, 1.54) is 30.3 Å². The first-order valence-electron chi connectivity index (χ1n) is 7.09. The van der Waals surface area contributed by atoms with Crippen LogP contribution in [-0.2, 0) is 11.2 Å². The third kappa shape index (κ3) is 3.52. The van der Waals surface area contributed by atoms with Gasteiger partial charge in [0.1, 0.15) is 17.3 Å². The van der Waals surface area contributed by atoms with Gasteiger partial charge in [-0.15, -0.1) is 5.10 Å². The Morgan fingerprint density at radius 2 is 2.04 bits per heavy atom. The number of nitrogens with zero attached hydrogens (tertiary/aromatic N) is 4. The molecule has 2 aromatic heterocycles. The van der Waals surface area contributed by atoms with E-state index < -0.39 is 23.4 Å². The van der Waals surface area contributed by atoms with Gasteiger partial charge >= 0.3 is 0 Å². The number of nitrogens with one attached hydrogen (secondary N) is 1. The number of hydrogen-bond acceptors (Lipinski definition) is 7. The van der Waals surface area contributed by atoms with Crippen molar-refractivity contribution in [3.8, 4) is 5.69 Å². The van der Waals surface area contributed by atoms with Gasteiger partial charge in [-0.1, -0.05) is 10.4 Å². The SMILES string of the molecule is Cc1cc(NC(=O)Cc2c(C(=O)[O-])nnn2-c2ccc(F)cc2)no1. The molecule has 0 atom stereocenters. The number of carbonyl (C=O) groups excluding carboxylic acids is 2. The molecule has 0 saturated carbocycles. The molecule has 1 N–H and O–H groups in total. The van der Waals surface area contributed by atoms with E-state index in [0.29, 0.717) is 11.4 Å². The lowest BCUT2D eigenvalue weighted by atomic mass is 10.2. The summed E-state index contributed by atoms with van der Waals surface area (Å²) in [6, 6.07) is 6.62. The number of carboxylic acid groups (broad SMARTS) is 1. The smallest absolute Gasteiger partial charge is 0.231 e. The predicted molar refractivity (Wildman–Crippen MR) is 79.2 cm³/mol. The molecule has 128 valence electrons. The number of halogens is 1. The Morgan fingerprint density at radius 3 is 2.64 bits per heavy atom. The van der Waals surface area contributed by atoms with Crippen LogP contribution in [0, 0.1) is 12.7 Å². The molecule has 0 aliphatic heterocycles. The van der Waals surface area contributed by atoms with E-state index in [4.69, 9.17) is 4.52 Å². The van der Waals surface area contributed by atoms with Gasteiger partial charge in [0.15, 0.2) is 5.82 Å². The van der Waals surface area contributed by atoms with Gasteiger partial charge in [0.05, 0.1) is 23.8 Å². The van der Waals surface area contributed by atoms with Gasteiger partial charge in [-0.2, -0.15) is 0 Å². The molecule has 9 nitrogen and oxygen atoms in total. The zero-order valence-electron chi connectivity index (χ0n) is 12.9. The third-order valence-electron chi connectivity index (χ3n) is 3.25. The Balaban J connectivity index is 1.90. The van der Waals surface area contributed by atoms with Gasteiger partial charge in [0.2, 0.25) is 5.91 Å². The highest BCUT2D eigenvalue weighted by Crippen LogP contribution is 2.15. The molecular formula is C15H11FN5O4-. The van der Waals surface area contributed by atoms with Crippen molar-refractivity contribution in [2.24, 2.45) is 0 Å². The molecule has 0 spiro atoms. The predicted octanol–water partition coefficient (Wildman–Crippen LogP) is 0.248. The maximum absolute atomic E-state index is 13.1. The minimum absolute atomic E-state index is 0.00988. The van der Waals surface area contributed by atoms with Crippen LogP contribution in [0.5, 0.6) is 0 Å². The molecule has 1 aromatic carbocycles. The second kappa shape index (κ2) is 6.51. The second-order valence-electron chi connectivity index (χ2n) is 5.11. The summed E-state index contributed by atoms with van der Waals surface area (Å²) in [5.41, 5.74) is -0.137. The standard InChI is InChI=1S/C15H12FN5O4/c1-8-6-12(19-25-8)17-13(22)7-11-14(15(23)24)18-20-21(11)10-4-2-9(16)3-5-10/h2-6H,7H2,1H3,(H,23,24)(H,17,19,22)/p-1. The number of aromatic carboxylic acids is 1. The van der Waals surface area contributed by atoms with E-state index in [9.17, 15) is 19.1 Å². The number of hydrogen-bond donors (Lipinski definition) is 1. The number of rotatable bonds is 5. The van der Waals surface area contributed by atoms with Crippen LogP contribution < -0.4 is 10.4 Å². The number of amides is 1. The average molecular weight is 344 g/mol. The van der Waals surface area contributed by atoms with Gasteiger partial charge in [0, 0.05) is 6.07 Å². The van der Waals surface area contributed by atoms with Crippen LogP contribution in [0.2, 0.25) is 0 Å². The van der Waals surface area contributed by atoms with E-state index in [1.807, 2.05) is 0 Å². The van der Waals surface area contributed by atoms with Crippen molar-refractivity contribution in [3.63, 3.8) is 0 Å². The molecule has 0 fully saturated rings. The van der Waals surface area contributed by atoms with E-state index >= 15 is 0 Å². The maximum Gasteiger partial charge on any atom is 0.231 e. The highest BCUT2D eigenvalue weighted by atomic mass is 19.1. The van der Waals surface area contributed by atoms with Crippen LogP contribution in [0.4, 0.5) is 10.2 Å². The van der Waals surface area contributed by atoms with Crippen LogP contribution in [0.15, 0.2) is 34.9 Å². The molecule has 0 unspecified atom stereocenters. The molecular weight excluding hydrogens is 333 g/mol. The van der Waals surface area contributed by atoms with Gasteiger partial charge in [-0.05, 0) is 31.2 Å². The summed E-state index contributed by atoms with van der Waals surface area (Å²) in [6.45, 7) is 1.66. The highest BCUT2D eigenvalue weighted by molar-refractivity contribution is 5.93. The van der Waals surface area contributed by atoms with E-state index in [1.54, 1.807) is 6.92 Å². The lowest BCUT2D eigenvalue weighted by Crippen LogP contribution is -2.26. The zero-order valence-corrected chi connectivity index (χ0v) is 12.9. The number of aromatic nitrogens is 4. The quantitative estimate of drug-likeness (QED) is 0.703. The molecule has 25 heavy (non-hydrogen) atoms. The molecule has 0 saturated heterocycles. The molecule has 0 bridgehead atoms. The molecule has 3 rings (SSSR count). The monoisotopic (exact) mass is 344 g/mol. The number of carboxylic acids is 1. The van der Waals surface area contributed by atoms with E-state index in [0.717, 1.165) is 4.68 Å². The van der Waals surface area contributed by atoms with Crippen molar-refractivity contribution < 1.29 is 23.6 Å². The Hall–Kier alpha value is -3.56. The summed E-state index contributed by atoms with van der Waals surface area (Å²) in [7, 11) is 0. The van der Waals surface area contributed by atoms with Crippen molar-refractivity contribution in [2.75, 3.05) is 5.32 Å². The minimum atomic E-state index is -1.58. The van der Waals surface area contributed by atoms with E-state index in [2.05, 4.69) is 20.8 Å². The van der Waals surface area contributed by atoms with Gasteiger partial charge in [-0.3, -0.25) is 4.79 Å². The molecule has 0 radical (unpaired) electrons. The normalized spacial score (nSPS) is 10.6. The largest absolute Gasteiger partial charge is 0.543 e.